The van der Waals surface area contributed by atoms with Crippen LogP contribution in [0.2, 0.25) is 0 Å². The fraction of sp³-hybridized carbons (Fsp3) is 0.500. The van der Waals surface area contributed by atoms with Crippen LogP contribution in [0, 0.1) is 0 Å². The van der Waals surface area contributed by atoms with Crippen molar-refractivity contribution in [1.82, 2.24) is 4.90 Å². The van der Waals surface area contributed by atoms with E-state index in [1.54, 1.807) is 0 Å². The maximum atomic E-state index is 12.4. The SMILES string of the molecule is O=C(O)[C@@H]1CCCN1C(=O)CC1OCCc2ccccc21. The average molecular weight is 289 g/mol. The standard InChI is InChI=1S/C16H19NO4/c18-15(17-8-3-6-13(17)16(19)20)10-14-12-5-2-1-4-11(12)7-9-21-14/h1-2,4-5,13-14H,3,6-10H2,(H,19,20)/t13-,14?/m0/s1. The number of aliphatic carboxylic acids is 1. The van der Waals surface area contributed by atoms with Crippen molar-refractivity contribution in [2.75, 3.05) is 13.2 Å². The Morgan fingerprint density at radius 3 is 2.95 bits per heavy atom. The summed E-state index contributed by atoms with van der Waals surface area (Å²) in [6.07, 6.45) is 2.13. The Balaban J connectivity index is 1.73. The van der Waals surface area contributed by atoms with Crippen LogP contribution >= 0.6 is 0 Å². The molecule has 112 valence electrons. The molecule has 0 saturated carbocycles. The van der Waals surface area contributed by atoms with E-state index in [1.807, 2.05) is 18.2 Å². The maximum Gasteiger partial charge on any atom is 0.326 e. The molecule has 1 unspecified atom stereocenters. The first kappa shape index (κ1) is 14.1. The van der Waals surface area contributed by atoms with Crippen LogP contribution in [-0.2, 0) is 20.7 Å². The fourth-order valence-electron chi connectivity index (χ4n) is 3.24. The molecule has 1 aromatic rings. The summed E-state index contributed by atoms with van der Waals surface area (Å²) in [5.74, 6) is -1.03. The normalized spacial score (nSPS) is 24.7. The number of fused-ring (bicyclic) bond motifs is 1. The number of carboxylic acid groups (broad SMARTS) is 1. The van der Waals surface area contributed by atoms with E-state index in [1.165, 1.54) is 10.5 Å². The first-order chi connectivity index (χ1) is 10.2. The van der Waals surface area contributed by atoms with Crippen LogP contribution in [0.4, 0.5) is 0 Å². The molecule has 1 amide bonds. The number of hydrogen-bond acceptors (Lipinski definition) is 3. The summed E-state index contributed by atoms with van der Waals surface area (Å²) in [6, 6.07) is 7.32. The molecular formula is C16H19NO4. The number of likely N-dealkylation sites (tertiary alicyclic amines) is 1. The van der Waals surface area contributed by atoms with E-state index in [9.17, 15) is 14.7 Å². The van der Waals surface area contributed by atoms with Crippen molar-refractivity contribution < 1.29 is 19.4 Å². The third-order valence-electron chi connectivity index (χ3n) is 4.31. The molecule has 3 rings (SSSR count). The monoisotopic (exact) mass is 289 g/mol. The van der Waals surface area contributed by atoms with Crippen LogP contribution in [0.5, 0.6) is 0 Å². The third kappa shape index (κ3) is 2.78. The Labute approximate surface area is 123 Å². The molecule has 5 heteroatoms. The van der Waals surface area contributed by atoms with E-state index in [-0.39, 0.29) is 18.4 Å². The molecule has 0 spiro atoms. The number of ether oxygens (including phenoxy) is 1. The van der Waals surface area contributed by atoms with Crippen LogP contribution in [-0.4, -0.2) is 41.1 Å². The molecule has 0 aromatic heterocycles. The zero-order chi connectivity index (χ0) is 14.8. The van der Waals surface area contributed by atoms with Gasteiger partial charge in [-0.15, -0.1) is 0 Å². The second-order valence-electron chi connectivity index (χ2n) is 5.60. The largest absolute Gasteiger partial charge is 0.480 e. The number of hydrogen-bond donors (Lipinski definition) is 1. The molecule has 2 aliphatic heterocycles. The highest BCUT2D eigenvalue weighted by molar-refractivity contribution is 5.84. The Morgan fingerprint density at radius 2 is 2.14 bits per heavy atom. The lowest BCUT2D eigenvalue weighted by Crippen LogP contribution is -2.41. The lowest BCUT2D eigenvalue weighted by atomic mass is 9.95. The number of carbonyl (C=O) groups excluding carboxylic acids is 1. The Bertz CT molecular complexity index is 557. The molecule has 5 nitrogen and oxygen atoms in total. The van der Waals surface area contributed by atoms with E-state index in [2.05, 4.69) is 6.07 Å². The highest BCUT2D eigenvalue weighted by Gasteiger charge is 2.35. The van der Waals surface area contributed by atoms with E-state index in [0.717, 1.165) is 18.4 Å². The van der Waals surface area contributed by atoms with Gasteiger partial charge in [-0.05, 0) is 30.4 Å². The number of amides is 1. The number of rotatable bonds is 3. The smallest absolute Gasteiger partial charge is 0.326 e. The molecule has 2 aliphatic rings. The van der Waals surface area contributed by atoms with Gasteiger partial charge in [0.15, 0.2) is 0 Å². The molecule has 1 fully saturated rings. The molecule has 2 heterocycles. The molecule has 0 bridgehead atoms. The van der Waals surface area contributed by atoms with Gasteiger partial charge in [0.2, 0.25) is 5.91 Å². The number of carboxylic acids is 1. The van der Waals surface area contributed by atoms with Crippen molar-refractivity contribution in [2.45, 2.75) is 37.8 Å². The van der Waals surface area contributed by atoms with Crippen molar-refractivity contribution in [3.05, 3.63) is 35.4 Å². The molecule has 0 radical (unpaired) electrons. The van der Waals surface area contributed by atoms with Crippen LogP contribution < -0.4 is 0 Å². The molecule has 21 heavy (non-hydrogen) atoms. The van der Waals surface area contributed by atoms with Gasteiger partial charge in [0.05, 0.1) is 19.1 Å². The van der Waals surface area contributed by atoms with Crippen LogP contribution in [0.25, 0.3) is 0 Å². The maximum absolute atomic E-state index is 12.4. The van der Waals surface area contributed by atoms with Gasteiger partial charge in [0.1, 0.15) is 6.04 Å². The van der Waals surface area contributed by atoms with E-state index in [4.69, 9.17) is 4.74 Å². The van der Waals surface area contributed by atoms with E-state index < -0.39 is 12.0 Å². The van der Waals surface area contributed by atoms with Gasteiger partial charge >= 0.3 is 5.97 Å². The van der Waals surface area contributed by atoms with Gasteiger partial charge in [-0.2, -0.15) is 0 Å². The molecule has 2 atom stereocenters. The molecular weight excluding hydrogens is 270 g/mol. The number of carbonyl (C=O) groups is 2. The minimum Gasteiger partial charge on any atom is -0.480 e. The van der Waals surface area contributed by atoms with Crippen molar-refractivity contribution in [3.8, 4) is 0 Å². The summed E-state index contributed by atoms with van der Waals surface area (Å²) >= 11 is 0. The fourth-order valence-corrected chi connectivity index (χ4v) is 3.24. The van der Waals surface area contributed by atoms with Gasteiger partial charge < -0.3 is 14.7 Å². The third-order valence-corrected chi connectivity index (χ3v) is 4.31. The summed E-state index contributed by atoms with van der Waals surface area (Å²) in [5, 5.41) is 9.17. The van der Waals surface area contributed by atoms with E-state index in [0.29, 0.717) is 19.6 Å². The topological polar surface area (TPSA) is 66.8 Å². The summed E-state index contributed by atoms with van der Waals surface area (Å²) in [6.45, 7) is 1.14. The second kappa shape index (κ2) is 5.85. The Hall–Kier alpha value is -1.88. The summed E-state index contributed by atoms with van der Waals surface area (Å²) in [7, 11) is 0. The van der Waals surface area contributed by atoms with Crippen molar-refractivity contribution in [3.63, 3.8) is 0 Å². The molecule has 1 N–H and O–H groups in total. The van der Waals surface area contributed by atoms with Gasteiger partial charge in [0, 0.05) is 6.54 Å². The zero-order valence-corrected chi connectivity index (χ0v) is 11.8. The predicted molar refractivity (Wildman–Crippen MR) is 75.8 cm³/mol. The zero-order valence-electron chi connectivity index (χ0n) is 11.8. The van der Waals surface area contributed by atoms with Crippen molar-refractivity contribution in [2.24, 2.45) is 0 Å². The van der Waals surface area contributed by atoms with Crippen LogP contribution in [0.1, 0.15) is 36.5 Å². The minimum atomic E-state index is -0.911. The van der Waals surface area contributed by atoms with Gasteiger partial charge in [-0.1, -0.05) is 24.3 Å². The lowest BCUT2D eigenvalue weighted by Gasteiger charge is -2.28. The Morgan fingerprint density at radius 1 is 1.33 bits per heavy atom. The molecule has 1 saturated heterocycles. The van der Waals surface area contributed by atoms with Gasteiger partial charge in [-0.3, -0.25) is 4.79 Å². The molecule has 1 aromatic carbocycles. The summed E-state index contributed by atoms with van der Waals surface area (Å²) < 4.78 is 5.74. The summed E-state index contributed by atoms with van der Waals surface area (Å²) in [5.41, 5.74) is 2.28. The first-order valence-electron chi connectivity index (χ1n) is 7.38. The predicted octanol–water partition coefficient (Wildman–Crippen LogP) is 1.77. The highest BCUT2D eigenvalue weighted by Crippen LogP contribution is 2.31. The second-order valence-corrected chi connectivity index (χ2v) is 5.60. The number of nitrogens with zero attached hydrogens (tertiary/aromatic N) is 1. The number of benzene rings is 1. The average Bonchev–Trinajstić information content (AvgIpc) is 2.97. The molecule has 0 aliphatic carbocycles. The van der Waals surface area contributed by atoms with Gasteiger partial charge in [0.25, 0.3) is 0 Å². The van der Waals surface area contributed by atoms with Crippen LogP contribution in [0.15, 0.2) is 24.3 Å². The lowest BCUT2D eigenvalue weighted by molar-refractivity contribution is -0.149. The van der Waals surface area contributed by atoms with Crippen molar-refractivity contribution >= 4 is 11.9 Å². The van der Waals surface area contributed by atoms with E-state index >= 15 is 0 Å². The summed E-state index contributed by atoms with van der Waals surface area (Å²) in [4.78, 5) is 25.1. The minimum absolute atomic E-state index is 0.124. The van der Waals surface area contributed by atoms with Gasteiger partial charge in [-0.25, -0.2) is 4.79 Å². The Kier molecular flexibility index (Phi) is 3.92. The quantitative estimate of drug-likeness (QED) is 0.921. The van der Waals surface area contributed by atoms with Crippen LogP contribution in [0.3, 0.4) is 0 Å². The van der Waals surface area contributed by atoms with Crippen molar-refractivity contribution in [1.29, 1.82) is 0 Å². The highest BCUT2D eigenvalue weighted by atomic mass is 16.5. The first-order valence-corrected chi connectivity index (χ1v) is 7.38.